The highest BCUT2D eigenvalue weighted by molar-refractivity contribution is 7.89. The van der Waals surface area contributed by atoms with E-state index < -0.39 is 16.1 Å². The molecule has 2 heterocycles. The van der Waals surface area contributed by atoms with Gasteiger partial charge in [-0.05, 0) is 29.8 Å². The average molecular weight is 417 g/mol. The molecule has 0 aliphatic carbocycles. The van der Waals surface area contributed by atoms with Gasteiger partial charge in [-0.3, -0.25) is 14.6 Å². The van der Waals surface area contributed by atoms with E-state index >= 15 is 0 Å². The van der Waals surface area contributed by atoms with Crippen LogP contribution in [0.25, 0.3) is 10.8 Å². The van der Waals surface area contributed by atoms with Gasteiger partial charge in [0.1, 0.15) is 0 Å². The van der Waals surface area contributed by atoms with Crippen LogP contribution < -0.4 is 5.32 Å². The normalized spacial score (nSPS) is 20.0. The van der Waals surface area contributed by atoms with Crippen molar-refractivity contribution in [1.82, 2.24) is 19.4 Å². The molecule has 3 amide bonds. The Morgan fingerprint density at radius 1 is 1.00 bits per heavy atom. The first-order valence-electron chi connectivity index (χ1n) is 9.70. The minimum absolute atomic E-state index is 0.245. The van der Waals surface area contributed by atoms with Crippen molar-refractivity contribution in [2.24, 2.45) is 0 Å². The SMILES string of the molecule is C[C@H](C(=O)N1CCNC1=O)N1CCN(S(=O)(=O)c2ccc3ccccc3c2)CC1. The Labute approximate surface area is 170 Å². The Morgan fingerprint density at radius 2 is 1.69 bits per heavy atom. The van der Waals surface area contributed by atoms with Crippen LogP contribution in [0.15, 0.2) is 47.4 Å². The number of hydrogen-bond donors (Lipinski definition) is 1. The van der Waals surface area contributed by atoms with Gasteiger partial charge < -0.3 is 5.32 Å². The quantitative estimate of drug-likeness (QED) is 0.806. The summed E-state index contributed by atoms with van der Waals surface area (Å²) in [4.78, 5) is 27.7. The number of benzene rings is 2. The van der Waals surface area contributed by atoms with Crippen molar-refractivity contribution < 1.29 is 18.0 Å². The standard InChI is InChI=1S/C20H24N4O4S/c1-15(19(25)24-9-8-21-20(24)26)22-10-12-23(13-11-22)29(27,28)18-7-6-16-4-2-3-5-17(16)14-18/h2-7,14-15H,8-13H2,1H3,(H,21,26)/t15-/m1/s1. The number of amides is 3. The summed E-state index contributed by atoms with van der Waals surface area (Å²) >= 11 is 0. The van der Waals surface area contributed by atoms with Gasteiger partial charge in [-0.15, -0.1) is 0 Å². The molecule has 29 heavy (non-hydrogen) atoms. The molecule has 2 aromatic rings. The number of carbonyl (C=O) groups is 2. The van der Waals surface area contributed by atoms with Gasteiger partial charge in [0, 0.05) is 39.3 Å². The zero-order chi connectivity index (χ0) is 20.6. The molecule has 154 valence electrons. The average Bonchev–Trinajstić information content (AvgIpc) is 3.18. The van der Waals surface area contributed by atoms with Crippen LogP contribution in [0.4, 0.5) is 4.79 Å². The molecule has 0 radical (unpaired) electrons. The summed E-state index contributed by atoms with van der Waals surface area (Å²) in [6.07, 6.45) is 0. The molecule has 1 N–H and O–H groups in total. The van der Waals surface area contributed by atoms with E-state index in [0.29, 0.717) is 39.3 Å². The predicted molar refractivity (Wildman–Crippen MR) is 109 cm³/mol. The van der Waals surface area contributed by atoms with Crippen LogP contribution >= 0.6 is 0 Å². The molecule has 2 fully saturated rings. The monoisotopic (exact) mass is 416 g/mol. The van der Waals surface area contributed by atoms with Crippen molar-refractivity contribution in [3.05, 3.63) is 42.5 Å². The maximum Gasteiger partial charge on any atom is 0.324 e. The summed E-state index contributed by atoms with van der Waals surface area (Å²) in [6.45, 7) is 4.09. The first-order chi connectivity index (χ1) is 13.9. The van der Waals surface area contributed by atoms with Crippen LogP contribution in [0.2, 0.25) is 0 Å². The minimum atomic E-state index is -3.60. The first-order valence-corrected chi connectivity index (χ1v) is 11.1. The largest absolute Gasteiger partial charge is 0.336 e. The van der Waals surface area contributed by atoms with E-state index in [9.17, 15) is 18.0 Å². The third-order valence-corrected chi connectivity index (χ3v) is 7.55. The number of imide groups is 1. The van der Waals surface area contributed by atoms with Crippen molar-refractivity contribution in [3.8, 4) is 0 Å². The summed E-state index contributed by atoms with van der Waals surface area (Å²) in [5.74, 6) is -0.245. The number of rotatable bonds is 4. The van der Waals surface area contributed by atoms with Gasteiger partial charge in [-0.1, -0.05) is 30.3 Å². The summed E-state index contributed by atoms with van der Waals surface area (Å²) in [5.41, 5.74) is 0. The Bertz CT molecular complexity index is 1050. The molecule has 1 atom stereocenters. The zero-order valence-corrected chi connectivity index (χ0v) is 17.1. The van der Waals surface area contributed by atoms with Crippen LogP contribution in [0.1, 0.15) is 6.92 Å². The third-order valence-electron chi connectivity index (χ3n) is 5.66. The molecule has 0 saturated carbocycles. The third kappa shape index (κ3) is 3.73. The Kier molecular flexibility index (Phi) is 5.28. The van der Waals surface area contributed by atoms with Crippen LogP contribution in [-0.2, 0) is 14.8 Å². The van der Waals surface area contributed by atoms with E-state index in [4.69, 9.17) is 0 Å². The molecular formula is C20H24N4O4S. The summed E-state index contributed by atoms with van der Waals surface area (Å²) in [7, 11) is -3.60. The van der Waals surface area contributed by atoms with Crippen molar-refractivity contribution in [1.29, 1.82) is 0 Å². The highest BCUT2D eigenvalue weighted by Crippen LogP contribution is 2.23. The Balaban J connectivity index is 1.44. The number of hydrogen-bond acceptors (Lipinski definition) is 5. The van der Waals surface area contributed by atoms with Gasteiger partial charge in [0.2, 0.25) is 15.9 Å². The van der Waals surface area contributed by atoms with Crippen molar-refractivity contribution in [2.45, 2.75) is 17.9 Å². The van der Waals surface area contributed by atoms with Gasteiger partial charge in [-0.25, -0.2) is 13.2 Å². The zero-order valence-electron chi connectivity index (χ0n) is 16.2. The molecular weight excluding hydrogens is 392 g/mol. The van der Waals surface area contributed by atoms with Crippen LogP contribution in [0.5, 0.6) is 0 Å². The maximum absolute atomic E-state index is 13.1. The molecule has 2 aliphatic heterocycles. The number of nitrogens with zero attached hydrogens (tertiary/aromatic N) is 3. The smallest absolute Gasteiger partial charge is 0.324 e. The van der Waals surface area contributed by atoms with Gasteiger partial charge in [0.05, 0.1) is 10.9 Å². The topological polar surface area (TPSA) is 90.0 Å². The first kappa shape index (κ1) is 19.8. The van der Waals surface area contributed by atoms with Crippen LogP contribution in [0, 0.1) is 0 Å². The Morgan fingerprint density at radius 3 is 2.34 bits per heavy atom. The molecule has 2 aliphatic rings. The second-order valence-electron chi connectivity index (χ2n) is 7.35. The lowest BCUT2D eigenvalue weighted by Crippen LogP contribution is -2.55. The molecule has 2 saturated heterocycles. The number of nitrogens with one attached hydrogen (secondary N) is 1. The van der Waals surface area contributed by atoms with E-state index in [1.54, 1.807) is 19.1 Å². The van der Waals surface area contributed by atoms with Crippen LogP contribution in [-0.4, -0.2) is 79.8 Å². The second kappa shape index (κ2) is 7.74. The van der Waals surface area contributed by atoms with Gasteiger partial charge in [0.15, 0.2) is 0 Å². The van der Waals surface area contributed by atoms with E-state index in [1.807, 2.05) is 35.2 Å². The second-order valence-corrected chi connectivity index (χ2v) is 9.28. The lowest BCUT2D eigenvalue weighted by atomic mass is 10.1. The Hall–Kier alpha value is -2.49. The molecule has 2 aromatic carbocycles. The highest BCUT2D eigenvalue weighted by Gasteiger charge is 2.36. The molecule has 0 bridgehead atoms. The molecule has 9 heteroatoms. The van der Waals surface area contributed by atoms with Crippen molar-refractivity contribution in [3.63, 3.8) is 0 Å². The fraction of sp³-hybridized carbons (Fsp3) is 0.400. The summed E-state index contributed by atoms with van der Waals surface area (Å²) < 4.78 is 27.6. The van der Waals surface area contributed by atoms with E-state index in [-0.39, 0.29) is 16.8 Å². The number of fused-ring (bicyclic) bond motifs is 1. The number of urea groups is 1. The lowest BCUT2D eigenvalue weighted by Gasteiger charge is -2.37. The number of sulfonamides is 1. The molecule has 0 unspecified atom stereocenters. The van der Waals surface area contributed by atoms with E-state index in [2.05, 4.69) is 5.32 Å². The van der Waals surface area contributed by atoms with Crippen molar-refractivity contribution in [2.75, 3.05) is 39.3 Å². The molecule has 4 rings (SSSR count). The van der Waals surface area contributed by atoms with Crippen LogP contribution in [0.3, 0.4) is 0 Å². The number of piperazine rings is 1. The predicted octanol–water partition coefficient (Wildman–Crippen LogP) is 1.09. The van der Waals surface area contributed by atoms with Gasteiger partial charge >= 0.3 is 6.03 Å². The fourth-order valence-electron chi connectivity index (χ4n) is 3.87. The fourth-order valence-corrected chi connectivity index (χ4v) is 5.33. The lowest BCUT2D eigenvalue weighted by molar-refractivity contribution is -0.133. The summed E-state index contributed by atoms with van der Waals surface area (Å²) in [6, 6.07) is 12.0. The van der Waals surface area contributed by atoms with E-state index in [1.165, 1.54) is 9.21 Å². The van der Waals surface area contributed by atoms with Gasteiger partial charge in [0.25, 0.3) is 0 Å². The molecule has 0 spiro atoms. The summed E-state index contributed by atoms with van der Waals surface area (Å²) in [5, 5.41) is 4.51. The molecule has 8 nitrogen and oxygen atoms in total. The molecule has 0 aromatic heterocycles. The number of carbonyl (C=O) groups excluding carboxylic acids is 2. The maximum atomic E-state index is 13.1. The highest BCUT2D eigenvalue weighted by atomic mass is 32.2. The minimum Gasteiger partial charge on any atom is -0.336 e. The van der Waals surface area contributed by atoms with E-state index in [0.717, 1.165) is 10.8 Å². The van der Waals surface area contributed by atoms with Crippen molar-refractivity contribution >= 4 is 32.7 Å². The van der Waals surface area contributed by atoms with Gasteiger partial charge in [-0.2, -0.15) is 4.31 Å².